The third-order valence-electron chi connectivity index (χ3n) is 2.84. The summed E-state index contributed by atoms with van der Waals surface area (Å²) in [6.45, 7) is 6.11. The summed E-state index contributed by atoms with van der Waals surface area (Å²) in [6.07, 6.45) is 7.46. The average molecular weight is 173 g/mol. The van der Waals surface area contributed by atoms with Gasteiger partial charge in [0.15, 0.2) is 0 Å². The van der Waals surface area contributed by atoms with Gasteiger partial charge in [-0.05, 0) is 48.4 Å². The van der Waals surface area contributed by atoms with Gasteiger partial charge in [0.1, 0.15) is 0 Å². The molecule has 1 heterocycles. The van der Waals surface area contributed by atoms with Crippen LogP contribution in [-0.2, 0) is 12.8 Å². The van der Waals surface area contributed by atoms with Gasteiger partial charge < -0.3 is 0 Å². The quantitative estimate of drug-likeness (QED) is 0.636. The molecule has 1 aromatic rings. The van der Waals surface area contributed by atoms with Gasteiger partial charge in [0.2, 0.25) is 0 Å². The molecule has 0 amide bonds. The molecule has 1 atom stereocenters. The highest BCUT2D eigenvalue weighted by Gasteiger charge is 2.17. The van der Waals surface area contributed by atoms with Crippen molar-refractivity contribution in [3.63, 3.8) is 0 Å². The molecule has 0 saturated heterocycles. The van der Waals surface area contributed by atoms with Crippen LogP contribution in [-0.4, -0.2) is 4.98 Å². The Morgan fingerprint density at radius 2 is 2.46 bits per heavy atom. The standard InChI is InChI=1S/C12H15N/c1-3-12-11-8-9(2)4-5-10(11)6-7-13-12/h3,6-7,9H,1,4-5,8H2,2H3. The molecule has 1 heteroatoms. The molecule has 0 aliphatic heterocycles. The Morgan fingerprint density at radius 1 is 1.62 bits per heavy atom. The number of fused-ring (bicyclic) bond motifs is 1. The molecule has 13 heavy (non-hydrogen) atoms. The molecule has 0 fully saturated rings. The topological polar surface area (TPSA) is 12.9 Å². The van der Waals surface area contributed by atoms with Crippen molar-refractivity contribution < 1.29 is 0 Å². The Labute approximate surface area is 79.5 Å². The van der Waals surface area contributed by atoms with E-state index in [1.54, 1.807) is 0 Å². The van der Waals surface area contributed by atoms with Gasteiger partial charge in [-0.2, -0.15) is 0 Å². The van der Waals surface area contributed by atoms with Gasteiger partial charge in [-0.15, -0.1) is 0 Å². The molecule has 0 spiro atoms. The van der Waals surface area contributed by atoms with E-state index >= 15 is 0 Å². The van der Waals surface area contributed by atoms with E-state index in [0.29, 0.717) is 0 Å². The monoisotopic (exact) mass is 173 g/mol. The fourth-order valence-corrected chi connectivity index (χ4v) is 2.05. The van der Waals surface area contributed by atoms with Crippen molar-refractivity contribution in [3.05, 3.63) is 35.7 Å². The molecule has 1 unspecified atom stereocenters. The summed E-state index contributed by atoms with van der Waals surface area (Å²) in [5.74, 6) is 0.801. The maximum absolute atomic E-state index is 4.33. The van der Waals surface area contributed by atoms with Crippen LogP contribution < -0.4 is 0 Å². The van der Waals surface area contributed by atoms with E-state index in [1.165, 1.54) is 30.4 Å². The Hall–Kier alpha value is -1.11. The average Bonchev–Trinajstić information content (AvgIpc) is 2.17. The molecule has 0 radical (unpaired) electrons. The van der Waals surface area contributed by atoms with Gasteiger partial charge in [-0.25, -0.2) is 0 Å². The largest absolute Gasteiger partial charge is 0.257 e. The zero-order chi connectivity index (χ0) is 9.26. The molecular weight excluding hydrogens is 158 g/mol. The fraction of sp³-hybridized carbons (Fsp3) is 0.417. The first-order chi connectivity index (χ1) is 6.31. The van der Waals surface area contributed by atoms with Crippen molar-refractivity contribution in [2.45, 2.75) is 26.2 Å². The molecule has 0 aromatic carbocycles. The van der Waals surface area contributed by atoms with Crippen LogP contribution in [0, 0.1) is 5.92 Å². The second-order valence-electron chi connectivity index (χ2n) is 3.89. The van der Waals surface area contributed by atoms with Gasteiger partial charge in [0.05, 0.1) is 5.69 Å². The lowest BCUT2D eigenvalue weighted by Crippen LogP contribution is -2.13. The van der Waals surface area contributed by atoms with Crippen molar-refractivity contribution in [1.82, 2.24) is 4.98 Å². The van der Waals surface area contributed by atoms with Crippen molar-refractivity contribution in [2.75, 3.05) is 0 Å². The Morgan fingerprint density at radius 3 is 3.23 bits per heavy atom. The maximum atomic E-state index is 4.33. The highest BCUT2D eigenvalue weighted by atomic mass is 14.7. The van der Waals surface area contributed by atoms with Crippen LogP contribution in [0.2, 0.25) is 0 Å². The first-order valence-electron chi connectivity index (χ1n) is 4.90. The van der Waals surface area contributed by atoms with Gasteiger partial charge >= 0.3 is 0 Å². The second kappa shape index (κ2) is 3.33. The van der Waals surface area contributed by atoms with Crippen LogP contribution in [0.25, 0.3) is 6.08 Å². The number of hydrogen-bond donors (Lipinski definition) is 0. The number of hydrogen-bond acceptors (Lipinski definition) is 1. The molecule has 0 N–H and O–H groups in total. The first kappa shape index (κ1) is 8.49. The summed E-state index contributed by atoms with van der Waals surface area (Å²) in [4.78, 5) is 4.33. The van der Waals surface area contributed by atoms with Crippen LogP contribution in [0.4, 0.5) is 0 Å². The first-order valence-corrected chi connectivity index (χ1v) is 4.90. The number of pyridine rings is 1. The normalized spacial score (nSPS) is 20.8. The lowest BCUT2D eigenvalue weighted by molar-refractivity contribution is 0.499. The molecular formula is C12H15N. The smallest absolute Gasteiger partial charge is 0.0658 e. The summed E-state index contributed by atoms with van der Waals surface area (Å²) >= 11 is 0. The minimum absolute atomic E-state index is 0.801. The lowest BCUT2D eigenvalue weighted by atomic mass is 9.84. The molecule has 1 nitrogen and oxygen atoms in total. The second-order valence-corrected chi connectivity index (χ2v) is 3.89. The van der Waals surface area contributed by atoms with Gasteiger partial charge in [-0.3, -0.25) is 4.98 Å². The van der Waals surface area contributed by atoms with Crippen LogP contribution in [0.5, 0.6) is 0 Å². The molecule has 1 aliphatic carbocycles. The summed E-state index contributed by atoms with van der Waals surface area (Å²) in [6, 6.07) is 2.15. The summed E-state index contributed by atoms with van der Waals surface area (Å²) < 4.78 is 0. The highest BCUT2D eigenvalue weighted by Crippen LogP contribution is 2.26. The third kappa shape index (κ3) is 1.51. The van der Waals surface area contributed by atoms with E-state index in [9.17, 15) is 0 Å². The third-order valence-corrected chi connectivity index (χ3v) is 2.84. The molecule has 0 bridgehead atoms. The van der Waals surface area contributed by atoms with E-state index in [4.69, 9.17) is 0 Å². The summed E-state index contributed by atoms with van der Waals surface area (Å²) in [5.41, 5.74) is 3.99. The van der Waals surface area contributed by atoms with Crippen molar-refractivity contribution in [2.24, 2.45) is 5.92 Å². The minimum atomic E-state index is 0.801. The summed E-state index contributed by atoms with van der Waals surface area (Å²) in [7, 11) is 0. The van der Waals surface area contributed by atoms with E-state index < -0.39 is 0 Å². The predicted octanol–water partition coefficient (Wildman–Crippen LogP) is 2.85. The molecule has 68 valence electrons. The lowest BCUT2D eigenvalue weighted by Gasteiger charge is -2.22. The van der Waals surface area contributed by atoms with E-state index in [-0.39, 0.29) is 0 Å². The fourth-order valence-electron chi connectivity index (χ4n) is 2.05. The van der Waals surface area contributed by atoms with E-state index in [0.717, 1.165) is 11.6 Å². The SMILES string of the molecule is C=Cc1nccc2c1CC(C)CC2. The maximum Gasteiger partial charge on any atom is 0.0658 e. The number of nitrogens with zero attached hydrogens (tertiary/aromatic N) is 1. The molecule has 0 saturated carbocycles. The zero-order valence-corrected chi connectivity index (χ0v) is 8.09. The Bertz CT molecular complexity index is 328. The Balaban J connectivity index is 2.46. The van der Waals surface area contributed by atoms with Crippen molar-refractivity contribution in [1.29, 1.82) is 0 Å². The highest BCUT2D eigenvalue weighted by molar-refractivity contribution is 5.50. The zero-order valence-electron chi connectivity index (χ0n) is 8.09. The van der Waals surface area contributed by atoms with Crippen LogP contribution in [0.3, 0.4) is 0 Å². The van der Waals surface area contributed by atoms with Crippen LogP contribution >= 0.6 is 0 Å². The van der Waals surface area contributed by atoms with Crippen molar-refractivity contribution >= 4 is 6.08 Å². The van der Waals surface area contributed by atoms with E-state index in [2.05, 4.69) is 24.6 Å². The van der Waals surface area contributed by atoms with E-state index in [1.807, 2.05) is 12.3 Å². The van der Waals surface area contributed by atoms with Gasteiger partial charge in [-0.1, -0.05) is 13.5 Å². The predicted molar refractivity (Wildman–Crippen MR) is 55.5 cm³/mol. The van der Waals surface area contributed by atoms with Crippen LogP contribution in [0.15, 0.2) is 18.8 Å². The Kier molecular flexibility index (Phi) is 2.17. The van der Waals surface area contributed by atoms with Gasteiger partial charge in [0.25, 0.3) is 0 Å². The number of rotatable bonds is 1. The number of aryl methyl sites for hydroxylation is 1. The minimum Gasteiger partial charge on any atom is -0.257 e. The van der Waals surface area contributed by atoms with Gasteiger partial charge in [0, 0.05) is 6.20 Å². The molecule has 1 aromatic heterocycles. The van der Waals surface area contributed by atoms with Crippen molar-refractivity contribution in [3.8, 4) is 0 Å². The molecule has 1 aliphatic rings. The van der Waals surface area contributed by atoms with Crippen LogP contribution in [0.1, 0.15) is 30.2 Å². The number of aromatic nitrogens is 1. The molecule has 2 rings (SSSR count). The summed E-state index contributed by atoms with van der Waals surface area (Å²) in [5, 5.41) is 0.